The molecule has 0 fully saturated rings. The number of rotatable bonds is 5. The van der Waals surface area contributed by atoms with Crippen molar-refractivity contribution in [2.45, 2.75) is 25.4 Å². The van der Waals surface area contributed by atoms with Gasteiger partial charge in [0.05, 0.1) is 0 Å². The summed E-state index contributed by atoms with van der Waals surface area (Å²) in [4.78, 5) is 3.54. The Morgan fingerprint density at radius 3 is 2.74 bits per heavy atom. The minimum atomic E-state index is 0.512. The molecule has 3 N–H and O–H groups in total. The Bertz CT molecular complexity index is 776. The van der Waals surface area contributed by atoms with E-state index in [-0.39, 0.29) is 0 Å². The lowest BCUT2D eigenvalue weighted by molar-refractivity contribution is 0.447. The van der Waals surface area contributed by atoms with Gasteiger partial charge in [0.25, 0.3) is 0 Å². The fraction of sp³-hybridized carbons (Fsp3) is 0.300. The van der Waals surface area contributed by atoms with Crippen LogP contribution in [0, 0.1) is 0 Å². The van der Waals surface area contributed by atoms with Gasteiger partial charge in [-0.25, -0.2) is 0 Å². The van der Waals surface area contributed by atoms with Gasteiger partial charge in [-0.15, -0.1) is 0 Å². The standard InChI is InChI=1S/C20H23N3/c1-2-6-15(7-3-1)10-11-21-13-16-12-18-17-8-4-5-9-19(17)23-20(18)14-22-16/h1-9,16,21-23H,10-14H2. The van der Waals surface area contributed by atoms with Crippen LogP contribution in [0.4, 0.5) is 0 Å². The molecule has 3 heteroatoms. The zero-order valence-corrected chi connectivity index (χ0v) is 13.3. The number of nitrogens with one attached hydrogen (secondary N) is 3. The van der Waals surface area contributed by atoms with Gasteiger partial charge in [-0.1, -0.05) is 48.5 Å². The Balaban J connectivity index is 1.33. The lowest BCUT2D eigenvalue weighted by atomic mass is 9.98. The third-order valence-corrected chi connectivity index (χ3v) is 4.74. The molecule has 23 heavy (non-hydrogen) atoms. The van der Waals surface area contributed by atoms with Gasteiger partial charge in [-0.05, 0) is 36.6 Å². The van der Waals surface area contributed by atoms with Crippen molar-refractivity contribution in [2.24, 2.45) is 0 Å². The number of benzene rings is 2. The molecule has 1 atom stereocenters. The molecule has 0 amide bonds. The highest BCUT2D eigenvalue weighted by Gasteiger charge is 2.21. The van der Waals surface area contributed by atoms with Gasteiger partial charge < -0.3 is 15.6 Å². The number of fused-ring (bicyclic) bond motifs is 3. The van der Waals surface area contributed by atoms with Crippen LogP contribution in [0.2, 0.25) is 0 Å². The van der Waals surface area contributed by atoms with Crippen molar-refractivity contribution in [3.8, 4) is 0 Å². The molecule has 2 heterocycles. The predicted molar refractivity (Wildman–Crippen MR) is 95.6 cm³/mol. The van der Waals surface area contributed by atoms with E-state index >= 15 is 0 Å². The number of aromatic nitrogens is 1. The molecule has 3 aromatic rings. The number of hydrogen-bond donors (Lipinski definition) is 3. The quantitative estimate of drug-likeness (QED) is 0.634. The van der Waals surface area contributed by atoms with Crippen molar-refractivity contribution < 1.29 is 0 Å². The van der Waals surface area contributed by atoms with E-state index in [2.05, 4.69) is 70.2 Å². The van der Waals surface area contributed by atoms with Gasteiger partial charge in [0.2, 0.25) is 0 Å². The van der Waals surface area contributed by atoms with Crippen molar-refractivity contribution in [1.82, 2.24) is 15.6 Å². The number of aromatic amines is 1. The second kappa shape index (κ2) is 6.57. The summed E-state index contributed by atoms with van der Waals surface area (Å²) in [6.07, 6.45) is 2.18. The lowest BCUT2D eigenvalue weighted by Crippen LogP contribution is -2.43. The first kappa shape index (κ1) is 14.5. The summed E-state index contributed by atoms with van der Waals surface area (Å²) in [6, 6.07) is 19.8. The van der Waals surface area contributed by atoms with Crippen LogP contribution in [0.5, 0.6) is 0 Å². The second-order valence-electron chi connectivity index (χ2n) is 6.35. The van der Waals surface area contributed by atoms with Crippen LogP contribution in [0.25, 0.3) is 10.9 Å². The first-order chi connectivity index (χ1) is 11.4. The summed E-state index contributed by atoms with van der Waals surface area (Å²) in [5.74, 6) is 0. The van der Waals surface area contributed by atoms with Crippen LogP contribution in [-0.4, -0.2) is 24.1 Å². The molecule has 0 bridgehead atoms. The maximum atomic E-state index is 3.64. The van der Waals surface area contributed by atoms with Crippen LogP contribution in [0.1, 0.15) is 16.8 Å². The summed E-state index contributed by atoms with van der Waals surface area (Å²) in [7, 11) is 0. The monoisotopic (exact) mass is 305 g/mol. The lowest BCUT2D eigenvalue weighted by Gasteiger charge is -2.24. The summed E-state index contributed by atoms with van der Waals surface area (Å²) >= 11 is 0. The van der Waals surface area contributed by atoms with Gasteiger partial charge in [0, 0.05) is 35.7 Å². The average Bonchev–Trinajstić information content (AvgIpc) is 2.98. The maximum absolute atomic E-state index is 3.64. The number of hydrogen-bond acceptors (Lipinski definition) is 2. The first-order valence-corrected chi connectivity index (χ1v) is 8.46. The SMILES string of the molecule is c1ccc(CCNCC2Cc3c([nH]c4ccccc34)CN2)cc1. The molecule has 0 saturated heterocycles. The van der Waals surface area contributed by atoms with E-state index in [0.29, 0.717) is 6.04 Å². The number of H-pyrrole nitrogens is 1. The van der Waals surface area contributed by atoms with E-state index in [9.17, 15) is 0 Å². The van der Waals surface area contributed by atoms with E-state index < -0.39 is 0 Å². The highest BCUT2D eigenvalue weighted by atomic mass is 15.0. The average molecular weight is 305 g/mol. The van der Waals surface area contributed by atoms with Gasteiger partial charge in [0.15, 0.2) is 0 Å². The molecule has 1 unspecified atom stereocenters. The van der Waals surface area contributed by atoms with Crippen LogP contribution >= 0.6 is 0 Å². The predicted octanol–water partition coefficient (Wildman–Crippen LogP) is 3.01. The van der Waals surface area contributed by atoms with E-state index in [1.54, 1.807) is 0 Å². The van der Waals surface area contributed by atoms with Crippen LogP contribution in [0.3, 0.4) is 0 Å². The minimum Gasteiger partial charge on any atom is -0.357 e. The largest absolute Gasteiger partial charge is 0.357 e. The van der Waals surface area contributed by atoms with E-state index in [4.69, 9.17) is 0 Å². The number of para-hydroxylation sites is 1. The molecule has 1 aliphatic heterocycles. The van der Waals surface area contributed by atoms with Crippen LogP contribution in [0.15, 0.2) is 54.6 Å². The van der Waals surface area contributed by atoms with Crippen molar-refractivity contribution in [1.29, 1.82) is 0 Å². The Hall–Kier alpha value is -2.10. The normalized spacial score (nSPS) is 17.3. The van der Waals surface area contributed by atoms with E-state index in [1.807, 2.05) is 0 Å². The van der Waals surface area contributed by atoms with Gasteiger partial charge in [-0.2, -0.15) is 0 Å². The fourth-order valence-electron chi connectivity index (χ4n) is 3.50. The van der Waals surface area contributed by atoms with Crippen LogP contribution in [-0.2, 0) is 19.4 Å². The molecular formula is C20H23N3. The van der Waals surface area contributed by atoms with E-state index in [1.165, 1.54) is 27.7 Å². The Kier molecular flexibility index (Phi) is 4.14. The van der Waals surface area contributed by atoms with Gasteiger partial charge in [-0.3, -0.25) is 0 Å². The molecule has 0 spiro atoms. The summed E-state index contributed by atoms with van der Waals surface area (Å²) < 4.78 is 0. The zero-order chi connectivity index (χ0) is 15.5. The van der Waals surface area contributed by atoms with Gasteiger partial charge in [0.1, 0.15) is 0 Å². The molecule has 0 aliphatic carbocycles. The summed E-state index contributed by atoms with van der Waals surface area (Å²) in [5.41, 5.74) is 5.51. The highest BCUT2D eigenvalue weighted by Crippen LogP contribution is 2.26. The second-order valence-corrected chi connectivity index (χ2v) is 6.35. The highest BCUT2D eigenvalue weighted by molar-refractivity contribution is 5.84. The zero-order valence-electron chi connectivity index (χ0n) is 13.3. The minimum absolute atomic E-state index is 0.512. The molecule has 2 aromatic carbocycles. The molecule has 4 rings (SSSR count). The molecule has 1 aliphatic rings. The van der Waals surface area contributed by atoms with Crippen molar-refractivity contribution in [2.75, 3.05) is 13.1 Å². The van der Waals surface area contributed by atoms with Crippen LogP contribution < -0.4 is 10.6 Å². The molecule has 0 radical (unpaired) electrons. The molecule has 118 valence electrons. The summed E-state index contributed by atoms with van der Waals surface area (Å²) in [5, 5.41) is 8.63. The third-order valence-electron chi connectivity index (χ3n) is 4.74. The molecule has 0 saturated carbocycles. The van der Waals surface area contributed by atoms with E-state index in [0.717, 1.165) is 32.5 Å². The van der Waals surface area contributed by atoms with Crippen molar-refractivity contribution >= 4 is 10.9 Å². The van der Waals surface area contributed by atoms with Gasteiger partial charge >= 0.3 is 0 Å². The topological polar surface area (TPSA) is 39.9 Å². The molecule has 1 aromatic heterocycles. The maximum Gasteiger partial charge on any atom is 0.0459 e. The fourth-order valence-corrected chi connectivity index (χ4v) is 3.50. The smallest absolute Gasteiger partial charge is 0.0459 e. The Labute approximate surface area is 137 Å². The third kappa shape index (κ3) is 3.16. The summed E-state index contributed by atoms with van der Waals surface area (Å²) in [6.45, 7) is 2.99. The molecule has 3 nitrogen and oxygen atoms in total. The van der Waals surface area contributed by atoms with Crippen molar-refractivity contribution in [3.63, 3.8) is 0 Å². The first-order valence-electron chi connectivity index (χ1n) is 8.46. The van der Waals surface area contributed by atoms with Crippen molar-refractivity contribution in [3.05, 3.63) is 71.4 Å². The molecular weight excluding hydrogens is 282 g/mol. The Morgan fingerprint density at radius 2 is 1.83 bits per heavy atom. The Morgan fingerprint density at radius 1 is 1.00 bits per heavy atom.